The van der Waals surface area contributed by atoms with Gasteiger partial charge in [0.25, 0.3) is 16.1 Å². The van der Waals surface area contributed by atoms with Crippen LogP contribution in [0.25, 0.3) is 0 Å². The van der Waals surface area contributed by atoms with Crippen molar-refractivity contribution in [1.29, 1.82) is 0 Å². The Hall–Kier alpha value is -1.53. The van der Waals surface area contributed by atoms with Gasteiger partial charge in [-0.05, 0) is 26.7 Å². The number of aliphatic hydroxyl groups is 1. The van der Waals surface area contributed by atoms with Crippen LogP contribution in [0.4, 0.5) is 0 Å². The molecule has 2 fully saturated rings. The molecule has 3 rings (SSSR count). The minimum absolute atomic E-state index is 0.0877. The number of nitrogens with one attached hydrogen (secondary N) is 1. The number of hydrogen-bond donors (Lipinski definition) is 2. The predicted molar refractivity (Wildman–Crippen MR) is 111 cm³/mol. The summed E-state index contributed by atoms with van der Waals surface area (Å²) in [6.07, 6.45) is 2.08. The van der Waals surface area contributed by atoms with Crippen LogP contribution in [-0.2, 0) is 22.0 Å². The molecule has 2 atom stereocenters. The largest absolute Gasteiger partial charge is 0.388 e. The molecule has 2 aliphatic rings. The second-order valence-electron chi connectivity index (χ2n) is 8.65. The first kappa shape index (κ1) is 23.1. The molecule has 30 heavy (non-hydrogen) atoms. The molecular formula is C19H33N5O5S. The number of aryl methyl sites for hydroxylation is 1. The van der Waals surface area contributed by atoms with Crippen LogP contribution in [-0.4, -0.2) is 88.4 Å². The van der Waals surface area contributed by atoms with E-state index in [9.17, 15) is 18.3 Å². The Kier molecular flexibility index (Phi) is 6.32. The number of aromatic nitrogens is 2. The van der Waals surface area contributed by atoms with Gasteiger partial charge in [0.15, 0.2) is 0 Å². The average molecular weight is 444 g/mol. The molecule has 1 spiro atoms. The SMILES string of the molecule is CCN(C)S(=O)(=O)N1CCC2(CC1)C[C@](C)(NC(=O)c1cnn(C)c1C)[C@@H](O)CO2. The van der Waals surface area contributed by atoms with Gasteiger partial charge in [0.1, 0.15) is 6.10 Å². The number of carbonyl (C=O) groups excluding carboxylic acids is 1. The molecule has 170 valence electrons. The van der Waals surface area contributed by atoms with E-state index in [2.05, 4.69) is 10.4 Å². The summed E-state index contributed by atoms with van der Waals surface area (Å²) in [4.78, 5) is 12.9. The van der Waals surface area contributed by atoms with Crippen molar-refractivity contribution in [2.75, 3.05) is 33.3 Å². The summed E-state index contributed by atoms with van der Waals surface area (Å²) in [5.41, 5.74) is -0.262. The highest BCUT2D eigenvalue weighted by atomic mass is 32.2. The topological polar surface area (TPSA) is 117 Å². The van der Waals surface area contributed by atoms with E-state index in [4.69, 9.17) is 4.74 Å². The second kappa shape index (κ2) is 8.19. The third-order valence-corrected chi connectivity index (χ3v) is 8.71. The lowest BCUT2D eigenvalue weighted by molar-refractivity contribution is -0.173. The van der Waals surface area contributed by atoms with E-state index in [1.807, 2.05) is 13.8 Å². The Morgan fingerprint density at radius 2 is 2.07 bits per heavy atom. The maximum Gasteiger partial charge on any atom is 0.281 e. The highest BCUT2D eigenvalue weighted by Crippen LogP contribution is 2.40. The van der Waals surface area contributed by atoms with Crippen molar-refractivity contribution in [3.05, 3.63) is 17.5 Å². The van der Waals surface area contributed by atoms with Gasteiger partial charge in [-0.2, -0.15) is 22.1 Å². The lowest BCUT2D eigenvalue weighted by atomic mass is 9.75. The molecule has 11 heteroatoms. The fraction of sp³-hybridized carbons (Fsp3) is 0.789. The van der Waals surface area contributed by atoms with Gasteiger partial charge in [0.2, 0.25) is 0 Å². The Morgan fingerprint density at radius 1 is 1.43 bits per heavy atom. The summed E-state index contributed by atoms with van der Waals surface area (Å²) in [6.45, 7) is 6.61. The summed E-state index contributed by atoms with van der Waals surface area (Å²) >= 11 is 0. The highest BCUT2D eigenvalue weighted by Gasteiger charge is 2.51. The van der Waals surface area contributed by atoms with Crippen LogP contribution in [0.2, 0.25) is 0 Å². The van der Waals surface area contributed by atoms with E-state index < -0.39 is 27.5 Å². The van der Waals surface area contributed by atoms with Crippen LogP contribution in [0.1, 0.15) is 49.2 Å². The molecule has 2 aliphatic heterocycles. The molecule has 10 nitrogen and oxygen atoms in total. The molecule has 0 radical (unpaired) electrons. The van der Waals surface area contributed by atoms with Crippen molar-refractivity contribution < 1.29 is 23.1 Å². The number of nitrogens with zero attached hydrogens (tertiary/aromatic N) is 4. The summed E-state index contributed by atoms with van der Waals surface area (Å²) in [5.74, 6) is -0.288. The lowest BCUT2D eigenvalue weighted by Gasteiger charge is -2.51. The van der Waals surface area contributed by atoms with E-state index in [1.165, 1.54) is 14.8 Å². The summed E-state index contributed by atoms with van der Waals surface area (Å²) < 4.78 is 35.7. The first-order valence-electron chi connectivity index (χ1n) is 10.3. The quantitative estimate of drug-likeness (QED) is 0.663. The van der Waals surface area contributed by atoms with Crippen molar-refractivity contribution in [3.8, 4) is 0 Å². The van der Waals surface area contributed by atoms with E-state index >= 15 is 0 Å². The number of aliphatic hydroxyl groups excluding tert-OH is 1. The molecular weight excluding hydrogens is 410 g/mol. The van der Waals surface area contributed by atoms with Crippen molar-refractivity contribution in [2.45, 2.75) is 57.3 Å². The zero-order chi connectivity index (χ0) is 22.3. The number of carbonyl (C=O) groups is 1. The van der Waals surface area contributed by atoms with Gasteiger partial charge in [-0.1, -0.05) is 6.92 Å². The lowest BCUT2D eigenvalue weighted by Crippen LogP contribution is -2.66. The maximum absolute atomic E-state index is 12.9. The maximum atomic E-state index is 12.9. The molecule has 1 aromatic heterocycles. The number of amides is 1. The van der Waals surface area contributed by atoms with Crippen molar-refractivity contribution in [3.63, 3.8) is 0 Å². The zero-order valence-corrected chi connectivity index (χ0v) is 19.2. The van der Waals surface area contributed by atoms with Crippen LogP contribution in [0.3, 0.4) is 0 Å². The fourth-order valence-corrected chi connectivity index (χ4v) is 5.62. The van der Waals surface area contributed by atoms with Crippen LogP contribution < -0.4 is 5.32 Å². The fourth-order valence-electron chi connectivity index (χ4n) is 4.26. The molecule has 3 heterocycles. The molecule has 0 aromatic carbocycles. The Bertz CT molecular complexity index is 893. The van der Waals surface area contributed by atoms with Gasteiger partial charge in [-0.25, -0.2) is 0 Å². The summed E-state index contributed by atoms with van der Waals surface area (Å²) in [5, 5.41) is 17.7. The molecule has 2 N–H and O–H groups in total. The van der Waals surface area contributed by atoms with E-state index in [-0.39, 0.29) is 12.5 Å². The van der Waals surface area contributed by atoms with Gasteiger partial charge >= 0.3 is 0 Å². The first-order valence-corrected chi connectivity index (χ1v) is 11.7. The molecule has 0 aliphatic carbocycles. The predicted octanol–water partition coefficient (Wildman–Crippen LogP) is 0.0293. The second-order valence-corrected chi connectivity index (χ2v) is 10.7. The average Bonchev–Trinajstić information content (AvgIpc) is 3.03. The third kappa shape index (κ3) is 4.13. The monoisotopic (exact) mass is 443 g/mol. The van der Waals surface area contributed by atoms with Crippen molar-refractivity contribution in [2.24, 2.45) is 7.05 Å². The Morgan fingerprint density at radius 3 is 2.60 bits per heavy atom. The van der Waals surface area contributed by atoms with Crippen LogP contribution >= 0.6 is 0 Å². The molecule has 2 saturated heterocycles. The Balaban J connectivity index is 1.72. The van der Waals surface area contributed by atoms with E-state index in [0.717, 1.165) is 5.69 Å². The van der Waals surface area contributed by atoms with Crippen molar-refractivity contribution in [1.82, 2.24) is 23.7 Å². The molecule has 1 amide bonds. The first-order chi connectivity index (χ1) is 13.9. The van der Waals surface area contributed by atoms with Crippen molar-refractivity contribution >= 4 is 16.1 Å². The van der Waals surface area contributed by atoms with Gasteiger partial charge in [0.05, 0.1) is 29.5 Å². The van der Waals surface area contributed by atoms with Crippen LogP contribution in [0, 0.1) is 6.92 Å². The van der Waals surface area contributed by atoms with Gasteiger partial charge in [-0.3, -0.25) is 9.48 Å². The summed E-state index contributed by atoms with van der Waals surface area (Å²) in [7, 11) is -0.144. The summed E-state index contributed by atoms with van der Waals surface area (Å²) in [6, 6.07) is 0. The normalized spacial score (nSPS) is 27.5. The Labute approximate surface area is 178 Å². The van der Waals surface area contributed by atoms with E-state index in [0.29, 0.717) is 44.5 Å². The minimum atomic E-state index is -3.48. The zero-order valence-electron chi connectivity index (χ0n) is 18.4. The van der Waals surface area contributed by atoms with Gasteiger partial charge in [-0.15, -0.1) is 0 Å². The van der Waals surface area contributed by atoms with Gasteiger partial charge < -0.3 is 15.2 Å². The van der Waals surface area contributed by atoms with E-state index in [1.54, 1.807) is 25.7 Å². The molecule has 0 saturated carbocycles. The number of ether oxygens (including phenoxy) is 1. The highest BCUT2D eigenvalue weighted by molar-refractivity contribution is 7.86. The van der Waals surface area contributed by atoms with Crippen LogP contribution in [0.5, 0.6) is 0 Å². The van der Waals surface area contributed by atoms with Gasteiger partial charge in [0, 0.05) is 45.8 Å². The molecule has 0 unspecified atom stereocenters. The molecule has 1 aromatic rings. The smallest absolute Gasteiger partial charge is 0.281 e. The molecule has 0 bridgehead atoms. The third-order valence-electron chi connectivity index (χ3n) is 6.65. The minimum Gasteiger partial charge on any atom is -0.388 e. The standard InChI is InChI=1S/C19H33N5O5S/c1-6-22(4)30(27,28)24-9-7-19(8-10-24)13-18(3,16(25)12-29-19)21-17(26)15-11-20-23(5)14(15)2/h11,16,25H,6-10,12-13H2,1-5H3,(H,21,26)/t16-,18-/m0/s1. The van der Waals surface area contributed by atoms with Crippen LogP contribution in [0.15, 0.2) is 6.20 Å². The number of hydrogen-bond acceptors (Lipinski definition) is 6. The number of piperidine rings is 1. The number of rotatable bonds is 5.